The van der Waals surface area contributed by atoms with Crippen molar-refractivity contribution in [3.8, 4) is 0 Å². The fourth-order valence-electron chi connectivity index (χ4n) is 2.48. The zero-order valence-corrected chi connectivity index (χ0v) is 12.1. The van der Waals surface area contributed by atoms with Crippen molar-refractivity contribution >= 4 is 5.91 Å². The monoisotopic (exact) mass is 279 g/mol. The van der Waals surface area contributed by atoms with Crippen LogP contribution in [0.5, 0.6) is 0 Å². The molecule has 0 radical (unpaired) electrons. The summed E-state index contributed by atoms with van der Waals surface area (Å²) in [6.45, 7) is 2.05. The predicted molar refractivity (Wildman–Crippen MR) is 76.6 cm³/mol. The van der Waals surface area contributed by atoms with Crippen LogP contribution in [0.15, 0.2) is 24.3 Å². The Morgan fingerprint density at radius 2 is 2.20 bits per heavy atom. The number of hydrogen-bond donors (Lipinski definition) is 1. The highest BCUT2D eigenvalue weighted by Gasteiger charge is 2.31. The van der Waals surface area contributed by atoms with E-state index in [9.17, 15) is 9.18 Å². The van der Waals surface area contributed by atoms with E-state index >= 15 is 0 Å². The molecule has 2 rings (SSSR count). The Morgan fingerprint density at radius 1 is 1.40 bits per heavy atom. The third-order valence-corrected chi connectivity index (χ3v) is 3.50. The highest BCUT2D eigenvalue weighted by atomic mass is 19.1. The van der Waals surface area contributed by atoms with Gasteiger partial charge in [0.2, 0.25) is 5.91 Å². The van der Waals surface area contributed by atoms with E-state index in [2.05, 4.69) is 10.2 Å². The third-order valence-electron chi connectivity index (χ3n) is 3.50. The van der Waals surface area contributed by atoms with E-state index in [1.807, 2.05) is 25.1 Å². The van der Waals surface area contributed by atoms with E-state index in [4.69, 9.17) is 0 Å². The quantitative estimate of drug-likeness (QED) is 0.803. The molecule has 1 aliphatic heterocycles. The van der Waals surface area contributed by atoms with Crippen LogP contribution < -0.4 is 5.32 Å². The lowest BCUT2D eigenvalue weighted by Gasteiger charge is -2.25. The Hall–Kier alpha value is -1.46. The molecule has 0 aliphatic carbocycles. The minimum atomic E-state index is -0.267. The molecule has 20 heavy (non-hydrogen) atoms. The van der Waals surface area contributed by atoms with Crippen LogP contribution in [0.2, 0.25) is 0 Å². The molecule has 0 bridgehead atoms. The van der Waals surface area contributed by atoms with Gasteiger partial charge < -0.3 is 9.80 Å². The zero-order chi connectivity index (χ0) is 14.5. The van der Waals surface area contributed by atoms with Crippen LogP contribution in [0.3, 0.4) is 0 Å². The maximum atomic E-state index is 13.3. The van der Waals surface area contributed by atoms with Gasteiger partial charge in [0.05, 0.1) is 6.54 Å². The molecule has 0 spiro atoms. The molecule has 0 aromatic heterocycles. The lowest BCUT2D eigenvalue weighted by Crippen LogP contribution is -2.31. The summed E-state index contributed by atoms with van der Waals surface area (Å²) in [6, 6.07) is 6.44. The van der Waals surface area contributed by atoms with Crippen molar-refractivity contribution in [2.24, 2.45) is 0 Å². The molecule has 1 aliphatic rings. The number of carbonyl (C=O) groups excluding carboxylic acids is 1. The van der Waals surface area contributed by atoms with Gasteiger partial charge in [0.1, 0.15) is 12.0 Å². The van der Waals surface area contributed by atoms with E-state index in [0.29, 0.717) is 13.1 Å². The zero-order valence-electron chi connectivity index (χ0n) is 12.1. The van der Waals surface area contributed by atoms with Crippen LogP contribution in [0, 0.1) is 5.82 Å². The number of benzene rings is 1. The first-order chi connectivity index (χ1) is 9.58. The van der Waals surface area contributed by atoms with Gasteiger partial charge in [-0.05, 0) is 51.2 Å². The van der Waals surface area contributed by atoms with Gasteiger partial charge in [0.15, 0.2) is 0 Å². The molecule has 1 fully saturated rings. The second kappa shape index (κ2) is 6.81. The Balaban J connectivity index is 1.96. The fourth-order valence-corrected chi connectivity index (χ4v) is 2.48. The van der Waals surface area contributed by atoms with Crippen molar-refractivity contribution in [3.63, 3.8) is 0 Å². The lowest BCUT2D eigenvalue weighted by molar-refractivity contribution is -0.128. The van der Waals surface area contributed by atoms with Crippen LogP contribution in [0.4, 0.5) is 4.39 Å². The molecule has 1 aromatic rings. The average molecular weight is 279 g/mol. The second-order valence-corrected chi connectivity index (χ2v) is 5.44. The van der Waals surface area contributed by atoms with Crippen LogP contribution in [-0.4, -0.2) is 49.4 Å². The van der Waals surface area contributed by atoms with Crippen molar-refractivity contribution < 1.29 is 9.18 Å². The van der Waals surface area contributed by atoms with Gasteiger partial charge in [-0.25, -0.2) is 4.39 Å². The summed E-state index contributed by atoms with van der Waals surface area (Å²) in [7, 11) is 4.08. The number of halogens is 1. The van der Waals surface area contributed by atoms with E-state index in [1.165, 1.54) is 12.1 Å². The van der Waals surface area contributed by atoms with Crippen LogP contribution in [-0.2, 0) is 4.79 Å². The van der Waals surface area contributed by atoms with E-state index < -0.39 is 0 Å². The maximum Gasteiger partial charge on any atom is 0.238 e. The summed E-state index contributed by atoms with van der Waals surface area (Å²) in [5, 5.41) is 3.15. The van der Waals surface area contributed by atoms with E-state index in [-0.39, 0.29) is 17.9 Å². The molecule has 1 N–H and O–H groups in total. The van der Waals surface area contributed by atoms with Crippen molar-refractivity contribution in [2.45, 2.75) is 19.0 Å². The number of nitrogens with zero attached hydrogens (tertiary/aromatic N) is 2. The van der Waals surface area contributed by atoms with Gasteiger partial charge in [0, 0.05) is 6.54 Å². The first-order valence-electron chi connectivity index (χ1n) is 7.01. The second-order valence-electron chi connectivity index (χ2n) is 5.44. The molecule has 5 heteroatoms. The maximum absolute atomic E-state index is 13.3. The standard InChI is InChI=1S/C15H22FN3O/c1-18(2)8-3-4-9-19-14(20)11-17-15(19)12-6-5-7-13(16)10-12/h5-7,10,15,17H,3-4,8-9,11H2,1-2H3. The van der Waals surface area contributed by atoms with Crippen LogP contribution >= 0.6 is 0 Å². The van der Waals surface area contributed by atoms with Crippen molar-refractivity contribution in [1.29, 1.82) is 0 Å². The van der Waals surface area contributed by atoms with Crippen molar-refractivity contribution in [3.05, 3.63) is 35.6 Å². The molecule has 110 valence electrons. The minimum absolute atomic E-state index is 0.0871. The normalized spacial score (nSPS) is 19.1. The largest absolute Gasteiger partial charge is 0.322 e. The van der Waals surface area contributed by atoms with Gasteiger partial charge in [-0.1, -0.05) is 12.1 Å². The van der Waals surface area contributed by atoms with Gasteiger partial charge >= 0.3 is 0 Å². The summed E-state index contributed by atoms with van der Waals surface area (Å²) >= 11 is 0. The topological polar surface area (TPSA) is 35.6 Å². The summed E-state index contributed by atoms with van der Waals surface area (Å²) in [5.74, 6) is -0.180. The number of hydrogen-bond acceptors (Lipinski definition) is 3. The van der Waals surface area contributed by atoms with E-state index in [1.54, 1.807) is 6.07 Å². The number of amides is 1. The highest BCUT2D eigenvalue weighted by molar-refractivity contribution is 5.80. The van der Waals surface area contributed by atoms with E-state index in [0.717, 1.165) is 24.9 Å². The fraction of sp³-hybridized carbons (Fsp3) is 0.533. The van der Waals surface area contributed by atoms with Gasteiger partial charge in [0.25, 0.3) is 0 Å². The molecule has 1 heterocycles. The minimum Gasteiger partial charge on any atom is -0.322 e. The first-order valence-corrected chi connectivity index (χ1v) is 7.01. The Kier molecular flexibility index (Phi) is 5.09. The summed E-state index contributed by atoms with van der Waals surface area (Å²) < 4.78 is 13.3. The number of carbonyl (C=O) groups is 1. The molecular formula is C15H22FN3O. The highest BCUT2D eigenvalue weighted by Crippen LogP contribution is 2.23. The molecule has 1 unspecified atom stereocenters. The Labute approximate surface area is 119 Å². The summed E-state index contributed by atoms with van der Waals surface area (Å²) in [4.78, 5) is 15.9. The molecule has 1 saturated heterocycles. The number of rotatable bonds is 6. The van der Waals surface area contributed by atoms with Gasteiger partial charge in [-0.3, -0.25) is 10.1 Å². The molecule has 4 nitrogen and oxygen atoms in total. The molecular weight excluding hydrogens is 257 g/mol. The lowest BCUT2D eigenvalue weighted by atomic mass is 10.1. The average Bonchev–Trinajstić information content (AvgIpc) is 2.76. The van der Waals surface area contributed by atoms with Gasteiger partial charge in [-0.2, -0.15) is 0 Å². The predicted octanol–water partition coefficient (Wildman–Crippen LogP) is 1.60. The Morgan fingerprint density at radius 3 is 2.90 bits per heavy atom. The van der Waals surface area contributed by atoms with Crippen LogP contribution in [0.25, 0.3) is 0 Å². The molecule has 1 atom stereocenters. The molecule has 1 amide bonds. The Bertz CT molecular complexity index is 464. The van der Waals surface area contributed by atoms with Gasteiger partial charge in [-0.15, -0.1) is 0 Å². The summed E-state index contributed by atoms with van der Waals surface area (Å²) in [5.41, 5.74) is 0.809. The smallest absolute Gasteiger partial charge is 0.238 e. The van der Waals surface area contributed by atoms with Crippen molar-refractivity contribution in [2.75, 3.05) is 33.7 Å². The SMILES string of the molecule is CN(C)CCCCN1C(=O)CNC1c1cccc(F)c1. The number of unbranched alkanes of at least 4 members (excludes halogenated alkanes) is 1. The third kappa shape index (κ3) is 3.77. The molecule has 1 aromatic carbocycles. The van der Waals surface area contributed by atoms with Crippen LogP contribution in [0.1, 0.15) is 24.6 Å². The number of nitrogens with one attached hydrogen (secondary N) is 1. The first kappa shape index (κ1) is 14.9. The summed E-state index contributed by atoms with van der Waals surface area (Å²) in [6.07, 6.45) is 1.81. The van der Waals surface area contributed by atoms with Crippen molar-refractivity contribution in [1.82, 2.24) is 15.1 Å². The molecule has 0 saturated carbocycles.